The predicted molar refractivity (Wildman–Crippen MR) is 80.9 cm³/mol. The minimum Gasteiger partial charge on any atom is -0.380 e. The van der Waals surface area contributed by atoms with Gasteiger partial charge in [0.05, 0.1) is 6.61 Å². The van der Waals surface area contributed by atoms with E-state index in [1.807, 2.05) is 13.8 Å². The van der Waals surface area contributed by atoms with Crippen LogP contribution in [0.4, 0.5) is 0 Å². The number of piperidine rings is 1. The van der Waals surface area contributed by atoms with Crippen LogP contribution in [0, 0.1) is 0 Å². The van der Waals surface area contributed by atoms with E-state index in [2.05, 4.69) is 5.32 Å². The van der Waals surface area contributed by atoms with Gasteiger partial charge in [0, 0.05) is 39.3 Å². The number of nitrogens with one attached hydrogen (secondary N) is 1. The van der Waals surface area contributed by atoms with Crippen molar-refractivity contribution in [1.82, 2.24) is 13.9 Å². The summed E-state index contributed by atoms with van der Waals surface area (Å²) in [6.07, 6.45) is 2.98. The third-order valence-electron chi connectivity index (χ3n) is 3.65. The van der Waals surface area contributed by atoms with Gasteiger partial charge >= 0.3 is 0 Å². The second kappa shape index (κ2) is 8.94. The zero-order valence-electron chi connectivity index (χ0n) is 13.0. The minimum atomic E-state index is -3.38. The van der Waals surface area contributed by atoms with Crippen LogP contribution in [-0.4, -0.2) is 69.5 Å². The fraction of sp³-hybridized carbons (Fsp3) is 1.00. The summed E-state index contributed by atoms with van der Waals surface area (Å²) in [7, 11) is -1.74. The number of nitrogens with zero attached hydrogens (tertiary/aromatic N) is 2. The van der Waals surface area contributed by atoms with Crippen LogP contribution in [-0.2, 0) is 14.9 Å². The monoisotopic (exact) mass is 307 g/mol. The number of likely N-dealkylation sites (N-methyl/N-ethyl adjacent to an activating group) is 2. The molecule has 20 heavy (non-hydrogen) atoms. The van der Waals surface area contributed by atoms with Gasteiger partial charge in [0.1, 0.15) is 0 Å². The molecule has 0 aromatic rings. The van der Waals surface area contributed by atoms with Crippen molar-refractivity contribution in [2.45, 2.75) is 39.2 Å². The van der Waals surface area contributed by atoms with E-state index in [1.54, 1.807) is 11.4 Å². The van der Waals surface area contributed by atoms with Gasteiger partial charge in [-0.05, 0) is 26.3 Å². The molecule has 0 saturated carbocycles. The highest BCUT2D eigenvalue weighted by Gasteiger charge is 2.34. The molecule has 0 spiro atoms. The highest BCUT2D eigenvalue weighted by atomic mass is 32.2. The van der Waals surface area contributed by atoms with E-state index < -0.39 is 10.2 Å². The molecule has 1 heterocycles. The van der Waals surface area contributed by atoms with E-state index in [1.165, 1.54) is 4.31 Å². The normalized spacial score (nSPS) is 21.5. The average Bonchev–Trinajstić information content (AvgIpc) is 2.45. The molecule has 1 unspecified atom stereocenters. The number of hydrogen-bond acceptors (Lipinski definition) is 4. The fourth-order valence-corrected chi connectivity index (χ4v) is 4.00. The van der Waals surface area contributed by atoms with Gasteiger partial charge in [-0.15, -0.1) is 0 Å². The highest BCUT2D eigenvalue weighted by Crippen LogP contribution is 2.21. The molecule has 7 heteroatoms. The lowest BCUT2D eigenvalue weighted by Crippen LogP contribution is -2.53. The Morgan fingerprint density at radius 3 is 2.75 bits per heavy atom. The summed E-state index contributed by atoms with van der Waals surface area (Å²) < 4.78 is 33.6. The highest BCUT2D eigenvalue weighted by molar-refractivity contribution is 7.86. The van der Waals surface area contributed by atoms with Crippen molar-refractivity contribution in [3.63, 3.8) is 0 Å². The molecule has 0 aromatic heterocycles. The van der Waals surface area contributed by atoms with Gasteiger partial charge in [0.15, 0.2) is 0 Å². The molecule has 0 radical (unpaired) electrons. The van der Waals surface area contributed by atoms with Gasteiger partial charge in [-0.2, -0.15) is 17.0 Å². The first-order valence-corrected chi connectivity index (χ1v) is 8.95. The van der Waals surface area contributed by atoms with Crippen molar-refractivity contribution < 1.29 is 13.2 Å². The van der Waals surface area contributed by atoms with Gasteiger partial charge < -0.3 is 10.1 Å². The molecule has 1 aliphatic heterocycles. The van der Waals surface area contributed by atoms with Crippen molar-refractivity contribution in [1.29, 1.82) is 0 Å². The van der Waals surface area contributed by atoms with Gasteiger partial charge in [0.2, 0.25) is 0 Å². The first-order valence-electron chi connectivity index (χ1n) is 7.55. The summed E-state index contributed by atoms with van der Waals surface area (Å²) in [5.41, 5.74) is 0. The van der Waals surface area contributed by atoms with Crippen molar-refractivity contribution in [3.8, 4) is 0 Å². The second-order valence-electron chi connectivity index (χ2n) is 5.09. The predicted octanol–water partition coefficient (Wildman–Crippen LogP) is 0.664. The fourth-order valence-electron chi connectivity index (χ4n) is 2.42. The molecule has 1 fully saturated rings. The first-order chi connectivity index (χ1) is 9.54. The molecule has 1 atom stereocenters. The Labute approximate surface area is 123 Å². The maximum absolute atomic E-state index is 12.6. The van der Waals surface area contributed by atoms with E-state index in [0.717, 1.165) is 32.4 Å². The van der Waals surface area contributed by atoms with E-state index in [-0.39, 0.29) is 6.04 Å². The van der Waals surface area contributed by atoms with E-state index in [4.69, 9.17) is 4.74 Å². The molecular weight excluding hydrogens is 278 g/mol. The Kier molecular flexibility index (Phi) is 7.98. The molecule has 6 nitrogen and oxygen atoms in total. The lowest BCUT2D eigenvalue weighted by molar-refractivity contribution is 0.135. The molecule has 120 valence electrons. The van der Waals surface area contributed by atoms with Gasteiger partial charge in [-0.1, -0.05) is 13.3 Å². The van der Waals surface area contributed by atoms with Crippen LogP contribution >= 0.6 is 0 Å². The summed E-state index contributed by atoms with van der Waals surface area (Å²) in [6, 6.07) is 0.0724. The Hall–Kier alpha value is -0.210. The van der Waals surface area contributed by atoms with E-state index in [9.17, 15) is 8.42 Å². The lowest BCUT2D eigenvalue weighted by Gasteiger charge is -2.37. The lowest BCUT2D eigenvalue weighted by atomic mass is 10.1. The zero-order valence-corrected chi connectivity index (χ0v) is 13.8. The smallest absolute Gasteiger partial charge is 0.282 e. The summed E-state index contributed by atoms with van der Waals surface area (Å²) in [5, 5.41) is 3.26. The maximum Gasteiger partial charge on any atom is 0.282 e. The van der Waals surface area contributed by atoms with Crippen LogP contribution in [0.1, 0.15) is 33.1 Å². The van der Waals surface area contributed by atoms with Crippen LogP contribution in [0.2, 0.25) is 0 Å². The summed E-state index contributed by atoms with van der Waals surface area (Å²) in [4.78, 5) is 0. The van der Waals surface area contributed by atoms with Crippen LogP contribution in [0.3, 0.4) is 0 Å². The molecule has 1 rings (SSSR count). The van der Waals surface area contributed by atoms with Crippen molar-refractivity contribution in [3.05, 3.63) is 0 Å². The van der Waals surface area contributed by atoms with Crippen molar-refractivity contribution in [2.75, 3.05) is 46.4 Å². The number of hydrogen-bond donors (Lipinski definition) is 1. The molecule has 1 saturated heterocycles. The van der Waals surface area contributed by atoms with Crippen molar-refractivity contribution >= 4 is 10.2 Å². The standard InChI is InChI=1S/C13H29N3O3S/c1-4-14-12-13-8-6-7-9-16(13)20(17,18)15(3)10-11-19-5-2/h13-14H,4-12H2,1-3H3. The van der Waals surface area contributed by atoms with E-state index in [0.29, 0.717) is 26.3 Å². The number of ether oxygens (including phenoxy) is 1. The molecular formula is C13H29N3O3S. The van der Waals surface area contributed by atoms with Gasteiger partial charge in [-0.25, -0.2) is 0 Å². The van der Waals surface area contributed by atoms with E-state index >= 15 is 0 Å². The summed E-state index contributed by atoms with van der Waals surface area (Å²) in [6.45, 7) is 7.62. The second-order valence-corrected chi connectivity index (χ2v) is 7.08. The maximum atomic E-state index is 12.6. The van der Waals surface area contributed by atoms with Crippen LogP contribution in [0.5, 0.6) is 0 Å². The third kappa shape index (κ3) is 4.96. The third-order valence-corrected chi connectivity index (χ3v) is 5.69. The Balaban J connectivity index is 2.66. The quantitative estimate of drug-likeness (QED) is 0.636. The Morgan fingerprint density at radius 1 is 1.35 bits per heavy atom. The van der Waals surface area contributed by atoms with Gasteiger partial charge in [0.25, 0.3) is 10.2 Å². The molecule has 1 N–H and O–H groups in total. The van der Waals surface area contributed by atoms with Crippen molar-refractivity contribution in [2.24, 2.45) is 0 Å². The van der Waals surface area contributed by atoms with Gasteiger partial charge in [-0.3, -0.25) is 0 Å². The minimum absolute atomic E-state index is 0.0724. The summed E-state index contributed by atoms with van der Waals surface area (Å²) >= 11 is 0. The van der Waals surface area contributed by atoms with Crippen LogP contribution < -0.4 is 5.32 Å². The Bertz CT molecular complexity index is 362. The molecule has 0 aliphatic carbocycles. The van der Waals surface area contributed by atoms with Crippen LogP contribution in [0.25, 0.3) is 0 Å². The molecule has 0 bridgehead atoms. The zero-order chi connectivity index (χ0) is 15.0. The SMILES string of the molecule is CCNCC1CCCCN1S(=O)(=O)N(C)CCOCC. The summed E-state index contributed by atoms with van der Waals surface area (Å²) in [5.74, 6) is 0. The van der Waals surface area contributed by atoms with Crippen LogP contribution in [0.15, 0.2) is 0 Å². The topological polar surface area (TPSA) is 61.9 Å². The number of rotatable bonds is 9. The first kappa shape index (κ1) is 17.8. The molecule has 0 amide bonds. The largest absolute Gasteiger partial charge is 0.380 e. The average molecular weight is 307 g/mol. The molecule has 0 aromatic carbocycles. The Morgan fingerprint density at radius 2 is 2.10 bits per heavy atom. The molecule has 1 aliphatic rings.